The number of amides is 2. The van der Waals surface area contributed by atoms with Crippen molar-refractivity contribution in [3.05, 3.63) is 56.5 Å². The monoisotopic (exact) mass is 660 g/mol. The smallest absolute Gasteiger partial charge is 0.287 e. The quantitative estimate of drug-likeness (QED) is 0.169. The van der Waals surface area contributed by atoms with Gasteiger partial charge < -0.3 is 20.1 Å². The Morgan fingerprint density at radius 3 is 1.44 bits per heavy atom. The van der Waals surface area contributed by atoms with Crippen LogP contribution in [0.3, 0.4) is 0 Å². The van der Waals surface area contributed by atoms with Gasteiger partial charge in [0.15, 0.2) is 0 Å². The van der Waals surface area contributed by atoms with Gasteiger partial charge in [0.25, 0.3) is 11.8 Å². The van der Waals surface area contributed by atoms with Crippen molar-refractivity contribution in [2.45, 2.75) is 12.8 Å². The lowest BCUT2D eigenvalue weighted by Gasteiger charge is -2.07. The molecule has 2 rings (SSSR count). The summed E-state index contributed by atoms with van der Waals surface area (Å²) in [6, 6.07) is 10.5. The molecule has 0 spiro atoms. The molecule has 2 aromatic carbocycles. The maximum Gasteiger partial charge on any atom is 0.287 e. The van der Waals surface area contributed by atoms with Crippen LogP contribution in [0.15, 0.2) is 45.3 Å². The lowest BCUT2D eigenvalue weighted by Crippen LogP contribution is -2.34. The Labute approximate surface area is 234 Å². The van der Waals surface area contributed by atoms with Crippen molar-refractivity contribution in [3.8, 4) is 11.5 Å². The third-order valence-electron chi connectivity index (χ3n) is 4.69. The van der Waals surface area contributed by atoms with E-state index in [1.807, 2.05) is 0 Å². The molecule has 0 saturated heterocycles. The molecule has 0 saturated carbocycles. The van der Waals surface area contributed by atoms with Gasteiger partial charge in [0, 0.05) is 37.4 Å². The van der Waals surface area contributed by atoms with Gasteiger partial charge in [-0.3, -0.25) is 19.2 Å². The molecule has 2 amide bonds. The van der Waals surface area contributed by atoms with Crippen LogP contribution in [0.2, 0.25) is 0 Å². The van der Waals surface area contributed by atoms with Gasteiger partial charge >= 0.3 is 0 Å². The lowest BCUT2D eigenvalue weighted by atomic mass is 10.1. The van der Waals surface area contributed by atoms with E-state index in [2.05, 4.69) is 42.5 Å². The van der Waals surface area contributed by atoms with E-state index in [1.165, 1.54) is 21.6 Å². The number of rotatable bonds is 15. The van der Waals surface area contributed by atoms with Crippen LogP contribution in [0.5, 0.6) is 11.5 Å². The van der Waals surface area contributed by atoms with E-state index in [0.29, 0.717) is 47.2 Å². The molecule has 0 aliphatic rings. The minimum Gasteiger partial charge on any atom is -0.496 e. The van der Waals surface area contributed by atoms with Crippen LogP contribution in [-0.4, -0.2) is 62.2 Å². The number of halogens is 2. The molecule has 36 heavy (non-hydrogen) atoms. The Bertz CT molecular complexity index is 1010. The number of carbonyl (C=O) groups is 4. The third-order valence-corrected chi connectivity index (χ3v) is 8.34. The van der Waals surface area contributed by atoms with E-state index in [-0.39, 0.29) is 12.8 Å². The number of carbonyl (C=O) groups excluding carboxylic acids is 4. The molecule has 0 aliphatic carbocycles. The molecule has 0 radical (unpaired) electrons. The summed E-state index contributed by atoms with van der Waals surface area (Å²) in [7, 11) is 6.11. The summed E-state index contributed by atoms with van der Waals surface area (Å²) in [6.45, 7) is 0.688. The van der Waals surface area contributed by atoms with Crippen LogP contribution in [0.1, 0.15) is 11.1 Å². The Kier molecular flexibility index (Phi) is 13.4. The number of benzene rings is 2. The highest BCUT2D eigenvalue weighted by Crippen LogP contribution is 2.26. The second kappa shape index (κ2) is 16.0. The Balaban J connectivity index is 1.56. The average molecular weight is 662 g/mol. The highest BCUT2D eigenvalue weighted by Gasteiger charge is 2.16. The fourth-order valence-corrected chi connectivity index (χ4v) is 5.89. The Morgan fingerprint density at radius 2 is 1.11 bits per heavy atom. The van der Waals surface area contributed by atoms with Crippen LogP contribution in [-0.2, 0) is 32.0 Å². The zero-order valence-electron chi connectivity index (χ0n) is 19.7. The summed E-state index contributed by atoms with van der Waals surface area (Å²) in [5.41, 5.74) is 1.43. The van der Waals surface area contributed by atoms with E-state index in [9.17, 15) is 19.2 Å². The molecule has 12 heteroatoms. The van der Waals surface area contributed by atoms with Crippen LogP contribution in [0.25, 0.3) is 0 Å². The number of ketones is 2. The number of ether oxygens (including phenoxy) is 2. The maximum absolute atomic E-state index is 12.1. The van der Waals surface area contributed by atoms with E-state index in [4.69, 9.17) is 9.47 Å². The van der Waals surface area contributed by atoms with Gasteiger partial charge in [-0.25, -0.2) is 0 Å². The van der Waals surface area contributed by atoms with E-state index in [1.54, 1.807) is 50.6 Å². The molecule has 0 fully saturated rings. The van der Waals surface area contributed by atoms with Gasteiger partial charge in [-0.1, -0.05) is 33.7 Å². The van der Waals surface area contributed by atoms with Gasteiger partial charge in [0.05, 0.1) is 23.2 Å². The standard InChI is InChI=1S/C24H26Br2N2O6S2/c1-33-21-5-3-15(11-17(21)25)13-19(29)23(31)27-7-9-35-36-10-8-28-24(32)20(30)14-16-4-6-22(34-2)18(26)12-16/h3-6,11-12H,7-10,13-14H2,1-2H3,(H,27,31)(H,28,32). The number of methoxy groups -OCH3 is 2. The average Bonchev–Trinajstić information content (AvgIpc) is 2.85. The molecule has 0 aliphatic heterocycles. The number of nitrogens with one attached hydrogen (secondary N) is 2. The summed E-state index contributed by atoms with van der Waals surface area (Å²) >= 11 is 6.72. The van der Waals surface area contributed by atoms with Crippen LogP contribution in [0.4, 0.5) is 0 Å². The molecular formula is C24H26Br2N2O6S2. The fourth-order valence-electron chi connectivity index (χ4n) is 2.90. The van der Waals surface area contributed by atoms with Gasteiger partial charge in [0.2, 0.25) is 11.6 Å². The van der Waals surface area contributed by atoms with E-state index < -0.39 is 23.4 Å². The largest absolute Gasteiger partial charge is 0.496 e. The first-order valence-corrected chi connectivity index (χ1v) is 14.8. The van der Waals surface area contributed by atoms with Crippen molar-refractivity contribution in [2.75, 3.05) is 38.8 Å². The van der Waals surface area contributed by atoms with Crippen molar-refractivity contribution < 1.29 is 28.7 Å². The summed E-state index contributed by atoms with van der Waals surface area (Å²) in [5.74, 6) is 0.216. The zero-order chi connectivity index (χ0) is 26.5. The first-order chi connectivity index (χ1) is 17.2. The van der Waals surface area contributed by atoms with Crippen LogP contribution >= 0.6 is 53.4 Å². The molecule has 2 aromatic rings. The summed E-state index contributed by atoms with van der Waals surface area (Å²) < 4.78 is 11.7. The maximum atomic E-state index is 12.1. The van der Waals surface area contributed by atoms with Gasteiger partial charge in [-0.2, -0.15) is 0 Å². The number of Topliss-reactive ketones (excluding diaryl/α,β-unsaturated/α-hetero) is 2. The minimum atomic E-state index is -0.623. The lowest BCUT2D eigenvalue weighted by molar-refractivity contribution is -0.137. The second-order valence-corrected chi connectivity index (χ2v) is 11.7. The van der Waals surface area contributed by atoms with Gasteiger partial charge in [0.1, 0.15) is 11.5 Å². The summed E-state index contributed by atoms with van der Waals surface area (Å²) in [6.07, 6.45) is 0.00888. The predicted molar refractivity (Wildman–Crippen MR) is 150 cm³/mol. The topological polar surface area (TPSA) is 111 Å². The Hall–Kier alpha value is -2.02. The van der Waals surface area contributed by atoms with Crippen molar-refractivity contribution in [1.82, 2.24) is 10.6 Å². The van der Waals surface area contributed by atoms with Crippen molar-refractivity contribution in [1.29, 1.82) is 0 Å². The van der Waals surface area contributed by atoms with Crippen LogP contribution in [0, 0.1) is 0 Å². The van der Waals surface area contributed by atoms with Gasteiger partial charge in [-0.05, 0) is 67.3 Å². The van der Waals surface area contributed by atoms with E-state index in [0.717, 1.165) is 8.95 Å². The summed E-state index contributed by atoms with van der Waals surface area (Å²) in [5, 5.41) is 5.23. The molecule has 0 heterocycles. The number of hydrogen-bond acceptors (Lipinski definition) is 8. The molecule has 0 bridgehead atoms. The van der Waals surface area contributed by atoms with Crippen molar-refractivity contribution in [2.24, 2.45) is 0 Å². The molecule has 2 N–H and O–H groups in total. The minimum absolute atomic E-state index is 0.00444. The highest BCUT2D eigenvalue weighted by molar-refractivity contribution is 9.11. The molecule has 0 aromatic heterocycles. The Morgan fingerprint density at radius 1 is 0.722 bits per heavy atom. The first-order valence-electron chi connectivity index (χ1n) is 10.8. The first kappa shape index (κ1) is 30.2. The molecule has 0 unspecified atom stereocenters. The third kappa shape index (κ3) is 10.2. The van der Waals surface area contributed by atoms with Gasteiger partial charge in [-0.15, -0.1) is 0 Å². The number of hydrogen-bond donors (Lipinski definition) is 2. The zero-order valence-corrected chi connectivity index (χ0v) is 24.5. The van der Waals surface area contributed by atoms with Crippen molar-refractivity contribution >= 4 is 76.8 Å². The van der Waals surface area contributed by atoms with Crippen LogP contribution < -0.4 is 20.1 Å². The molecule has 194 valence electrons. The van der Waals surface area contributed by atoms with E-state index >= 15 is 0 Å². The molecule has 0 atom stereocenters. The predicted octanol–water partition coefficient (Wildman–Crippen LogP) is 3.77. The summed E-state index contributed by atoms with van der Waals surface area (Å²) in [4.78, 5) is 48.3. The molecule has 8 nitrogen and oxygen atoms in total. The second-order valence-electron chi connectivity index (χ2n) is 7.29. The normalized spacial score (nSPS) is 10.4. The van der Waals surface area contributed by atoms with Crippen molar-refractivity contribution in [3.63, 3.8) is 0 Å². The highest BCUT2D eigenvalue weighted by atomic mass is 79.9. The fraction of sp³-hybridized carbons (Fsp3) is 0.333. The SMILES string of the molecule is COc1ccc(CC(=O)C(=O)NCCSSCCNC(=O)C(=O)Cc2ccc(OC)c(Br)c2)cc1Br. The molecular weight excluding hydrogens is 636 g/mol.